The maximum atomic E-state index is 12.4. The molecule has 0 fully saturated rings. The van der Waals surface area contributed by atoms with Crippen LogP contribution in [0, 0.1) is 19.3 Å². The molecule has 20 heavy (non-hydrogen) atoms. The maximum Gasteiger partial charge on any atom is 0.242 e. The van der Waals surface area contributed by atoms with Gasteiger partial charge < -0.3 is 10.8 Å². The van der Waals surface area contributed by atoms with E-state index in [0.717, 1.165) is 5.56 Å². The zero-order valence-corrected chi connectivity index (χ0v) is 13.3. The second kappa shape index (κ2) is 6.11. The molecule has 0 saturated heterocycles. The highest BCUT2D eigenvalue weighted by atomic mass is 32.2. The number of rotatable bonds is 6. The average Bonchev–Trinajstić information content (AvgIpc) is 2.32. The van der Waals surface area contributed by atoms with Crippen LogP contribution in [0.1, 0.15) is 31.4 Å². The van der Waals surface area contributed by atoms with Crippen LogP contribution >= 0.6 is 0 Å². The Morgan fingerprint density at radius 3 is 2.45 bits per heavy atom. The van der Waals surface area contributed by atoms with Gasteiger partial charge in [-0.15, -0.1) is 0 Å². The van der Waals surface area contributed by atoms with Crippen molar-refractivity contribution in [1.82, 2.24) is 4.72 Å². The molecule has 0 unspecified atom stereocenters. The molecule has 0 aromatic heterocycles. The van der Waals surface area contributed by atoms with Crippen molar-refractivity contribution in [2.75, 3.05) is 18.9 Å². The molecule has 0 spiro atoms. The van der Waals surface area contributed by atoms with Gasteiger partial charge in [-0.2, -0.15) is 0 Å². The Balaban J connectivity index is 3.04. The van der Waals surface area contributed by atoms with Crippen molar-refractivity contribution in [3.05, 3.63) is 23.3 Å². The van der Waals surface area contributed by atoms with E-state index < -0.39 is 10.0 Å². The summed E-state index contributed by atoms with van der Waals surface area (Å²) in [5.41, 5.74) is 7.30. The predicted molar refractivity (Wildman–Crippen MR) is 81.0 cm³/mol. The molecule has 1 rings (SSSR count). The molecule has 1 aromatic carbocycles. The molecule has 6 heteroatoms. The fourth-order valence-corrected chi connectivity index (χ4v) is 3.59. The predicted octanol–water partition coefficient (Wildman–Crippen LogP) is 1.57. The summed E-state index contributed by atoms with van der Waals surface area (Å²) in [5.74, 6) is 0. The van der Waals surface area contributed by atoms with Crippen LogP contribution in [-0.2, 0) is 10.0 Å². The number of aryl methyl sites for hydroxylation is 1. The summed E-state index contributed by atoms with van der Waals surface area (Å²) in [5, 5.41) is 8.98. The van der Waals surface area contributed by atoms with Crippen LogP contribution in [0.3, 0.4) is 0 Å². The number of anilines is 1. The summed E-state index contributed by atoms with van der Waals surface area (Å²) >= 11 is 0. The molecule has 0 amide bonds. The zero-order valence-electron chi connectivity index (χ0n) is 12.5. The third-order valence-corrected chi connectivity index (χ3v) is 5.11. The first kappa shape index (κ1) is 16.9. The van der Waals surface area contributed by atoms with Gasteiger partial charge >= 0.3 is 0 Å². The number of hydrogen-bond acceptors (Lipinski definition) is 4. The molecule has 5 nitrogen and oxygen atoms in total. The second-order valence-corrected chi connectivity index (χ2v) is 7.59. The van der Waals surface area contributed by atoms with Crippen LogP contribution in [0.4, 0.5) is 5.69 Å². The summed E-state index contributed by atoms with van der Waals surface area (Å²) in [6, 6.07) is 3.41. The van der Waals surface area contributed by atoms with E-state index in [0.29, 0.717) is 12.0 Å². The second-order valence-electron chi connectivity index (χ2n) is 5.89. The van der Waals surface area contributed by atoms with E-state index >= 15 is 0 Å². The molecule has 0 heterocycles. The lowest BCUT2D eigenvalue weighted by Crippen LogP contribution is -2.35. The molecule has 0 aliphatic rings. The highest BCUT2D eigenvalue weighted by molar-refractivity contribution is 7.89. The van der Waals surface area contributed by atoms with Crippen molar-refractivity contribution < 1.29 is 13.5 Å². The van der Waals surface area contributed by atoms with Crippen molar-refractivity contribution in [2.24, 2.45) is 5.41 Å². The van der Waals surface area contributed by atoms with E-state index in [1.807, 2.05) is 20.8 Å². The number of sulfonamides is 1. The number of benzene rings is 1. The van der Waals surface area contributed by atoms with Gasteiger partial charge in [0.25, 0.3) is 0 Å². The first-order valence-electron chi connectivity index (χ1n) is 6.57. The van der Waals surface area contributed by atoms with Crippen LogP contribution in [-0.4, -0.2) is 26.7 Å². The highest BCUT2D eigenvalue weighted by Gasteiger charge is 2.25. The minimum atomic E-state index is -3.65. The van der Waals surface area contributed by atoms with E-state index in [-0.39, 0.29) is 29.1 Å². The summed E-state index contributed by atoms with van der Waals surface area (Å²) < 4.78 is 27.4. The summed E-state index contributed by atoms with van der Waals surface area (Å²) in [4.78, 5) is 0.150. The van der Waals surface area contributed by atoms with Gasteiger partial charge in [-0.05, 0) is 42.9 Å². The van der Waals surface area contributed by atoms with Gasteiger partial charge in [0.1, 0.15) is 4.90 Å². The largest absolute Gasteiger partial charge is 0.398 e. The third kappa shape index (κ3) is 3.94. The molecule has 114 valence electrons. The minimum Gasteiger partial charge on any atom is -0.398 e. The average molecular weight is 300 g/mol. The van der Waals surface area contributed by atoms with Crippen molar-refractivity contribution in [3.8, 4) is 0 Å². The Bertz CT molecular complexity index is 580. The minimum absolute atomic E-state index is 0.0281. The van der Waals surface area contributed by atoms with Crippen molar-refractivity contribution in [3.63, 3.8) is 0 Å². The molecule has 0 saturated carbocycles. The number of aliphatic hydroxyl groups is 1. The number of hydrogen-bond donors (Lipinski definition) is 3. The normalized spacial score (nSPS) is 12.7. The summed E-state index contributed by atoms with van der Waals surface area (Å²) in [6.45, 7) is 7.68. The molecule has 0 atom stereocenters. The van der Waals surface area contributed by atoms with Gasteiger partial charge in [0.05, 0.1) is 5.69 Å². The molecular weight excluding hydrogens is 276 g/mol. The van der Waals surface area contributed by atoms with Gasteiger partial charge in [-0.25, -0.2) is 13.1 Å². The molecule has 4 N–H and O–H groups in total. The first-order chi connectivity index (χ1) is 9.10. The number of nitrogens with one attached hydrogen (secondary N) is 1. The number of nitrogen functional groups attached to an aromatic ring is 1. The van der Waals surface area contributed by atoms with E-state index in [2.05, 4.69) is 4.72 Å². The molecule has 0 aliphatic heterocycles. The fourth-order valence-electron chi connectivity index (χ4n) is 1.92. The fraction of sp³-hybridized carbons (Fsp3) is 0.571. The van der Waals surface area contributed by atoms with Gasteiger partial charge in [0.15, 0.2) is 0 Å². The lowest BCUT2D eigenvalue weighted by molar-refractivity contribution is 0.213. The highest BCUT2D eigenvalue weighted by Crippen LogP contribution is 2.26. The van der Waals surface area contributed by atoms with E-state index in [4.69, 9.17) is 10.8 Å². The molecular formula is C14H24N2O3S. The van der Waals surface area contributed by atoms with E-state index in [1.54, 1.807) is 19.1 Å². The quantitative estimate of drug-likeness (QED) is 0.695. The first-order valence-corrected chi connectivity index (χ1v) is 8.05. The number of nitrogens with two attached hydrogens (primary N) is 1. The Morgan fingerprint density at radius 1 is 1.30 bits per heavy atom. The monoisotopic (exact) mass is 300 g/mol. The maximum absolute atomic E-state index is 12.4. The SMILES string of the molecule is Cc1ccc(N)c(S(=O)(=O)NCC(C)(C)CCO)c1C. The lowest BCUT2D eigenvalue weighted by atomic mass is 9.90. The van der Waals surface area contributed by atoms with Gasteiger partial charge in [-0.1, -0.05) is 19.9 Å². The molecule has 0 aliphatic carbocycles. The van der Waals surface area contributed by atoms with Crippen molar-refractivity contribution in [2.45, 2.75) is 39.0 Å². The number of aliphatic hydroxyl groups excluding tert-OH is 1. The van der Waals surface area contributed by atoms with E-state index in [1.165, 1.54) is 0 Å². The molecule has 0 bridgehead atoms. The van der Waals surface area contributed by atoms with Crippen molar-refractivity contribution >= 4 is 15.7 Å². The summed E-state index contributed by atoms with van der Waals surface area (Å²) in [6.07, 6.45) is 0.526. The standard InChI is InChI=1S/C14H24N2O3S/c1-10-5-6-12(15)13(11(10)2)20(18,19)16-9-14(3,4)7-8-17/h5-6,16-17H,7-9,15H2,1-4H3. The Morgan fingerprint density at radius 2 is 1.90 bits per heavy atom. The molecule has 1 aromatic rings. The van der Waals surface area contributed by atoms with Crippen molar-refractivity contribution in [1.29, 1.82) is 0 Å². The van der Waals surface area contributed by atoms with Crippen LogP contribution in [0.25, 0.3) is 0 Å². The Labute approximate surface area is 121 Å². The lowest BCUT2D eigenvalue weighted by Gasteiger charge is -2.24. The topological polar surface area (TPSA) is 92.4 Å². The third-order valence-electron chi connectivity index (χ3n) is 3.51. The van der Waals surface area contributed by atoms with Gasteiger partial charge in [0.2, 0.25) is 10.0 Å². The smallest absolute Gasteiger partial charge is 0.242 e. The van der Waals surface area contributed by atoms with Gasteiger partial charge in [0, 0.05) is 13.2 Å². The van der Waals surface area contributed by atoms with Crippen LogP contribution in [0.2, 0.25) is 0 Å². The van der Waals surface area contributed by atoms with E-state index in [9.17, 15) is 8.42 Å². The molecule has 0 radical (unpaired) electrons. The van der Waals surface area contributed by atoms with Crippen LogP contribution < -0.4 is 10.5 Å². The zero-order chi connectivity index (χ0) is 15.6. The van der Waals surface area contributed by atoms with Gasteiger partial charge in [-0.3, -0.25) is 0 Å². The summed E-state index contributed by atoms with van der Waals surface area (Å²) in [7, 11) is -3.65. The van der Waals surface area contributed by atoms with Crippen LogP contribution in [0.15, 0.2) is 17.0 Å². The Hall–Kier alpha value is -1.11. The Kier molecular flexibility index (Phi) is 5.18. The van der Waals surface area contributed by atoms with Crippen LogP contribution in [0.5, 0.6) is 0 Å².